The minimum Gasteiger partial charge on any atom is -0.434 e. The third-order valence-corrected chi connectivity index (χ3v) is 1.04. The third-order valence-electron chi connectivity index (χ3n) is 1.04. The minimum absolute atomic E-state index is 0.213. The highest BCUT2D eigenvalue weighted by Crippen LogP contribution is 1.91. The van der Waals surface area contributed by atoms with Crippen molar-refractivity contribution in [1.29, 1.82) is 0 Å². The van der Waals surface area contributed by atoms with E-state index in [1.54, 1.807) is 0 Å². The van der Waals surface area contributed by atoms with Crippen LogP contribution in [0, 0.1) is 0 Å². The molecule has 0 radical (unpaired) electrons. The molecule has 0 aromatic rings. The summed E-state index contributed by atoms with van der Waals surface area (Å²) in [6.07, 6.45) is 2.78. The van der Waals surface area contributed by atoms with E-state index in [9.17, 15) is 4.79 Å². The van der Waals surface area contributed by atoms with Gasteiger partial charge in [-0.3, -0.25) is 0 Å². The second-order valence-corrected chi connectivity index (χ2v) is 2.05. The van der Waals surface area contributed by atoms with E-state index in [4.69, 9.17) is 0 Å². The molecule has 0 saturated heterocycles. The molecule has 0 unspecified atom stereocenters. The summed E-state index contributed by atoms with van der Waals surface area (Å²) in [6, 6.07) is 0. The fourth-order valence-corrected chi connectivity index (χ4v) is 0.468. The summed E-state index contributed by atoms with van der Waals surface area (Å²) in [7, 11) is 0. The van der Waals surface area contributed by atoms with Crippen LogP contribution in [0.3, 0.4) is 0 Å². The zero-order valence-electron chi connectivity index (χ0n) is 6.84. The Bertz CT molecular complexity index is 121. The number of hydrogen-bond acceptors (Lipinski definition) is 3. The molecule has 11 heavy (non-hydrogen) atoms. The molecule has 0 rings (SSSR count). The summed E-state index contributed by atoms with van der Waals surface area (Å²) in [6.45, 7) is 6.07. The van der Waals surface area contributed by atoms with Gasteiger partial charge in [-0.2, -0.15) is 0 Å². The van der Waals surface area contributed by atoms with Gasteiger partial charge in [0.25, 0.3) is 0 Å². The molecule has 0 heterocycles. The largest absolute Gasteiger partial charge is 0.508 e. The van der Waals surface area contributed by atoms with Crippen molar-refractivity contribution in [2.24, 2.45) is 0 Å². The highest BCUT2D eigenvalue weighted by Gasteiger charge is 1.99. The lowest BCUT2D eigenvalue weighted by molar-refractivity contribution is 0.0624. The molecule has 0 aliphatic carbocycles. The molecule has 0 fully saturated rings. The van der Waals surface area contributed by atoms with Gasteiger partial charge < -0.3 is 9.47 Å². The average Bonchev–Trinajstić information content (AvgIpc) is 2.01. The molecule has 0 aliphatic rings. The molecule has 0 saturated carbocycles. The van der Waals surface area contributed by atoms with E-state index in [1.165, 1.54) is 6.08 Å². The molecular weight excluding hydrogens is 144 g/mol. The van der Waals surface area contributed by atoms with Crippen molar-refractivity contribution in [3.63, 3.8) is 0 Å². The van der Waals surface area contributed by atoms with E-state index in [0.29, 0.717) is 6.61 Å². The number of ether oxygens (including phenoxy) is 2. The van der Waals surface area contributed by atoms with Crippen LogP contribution in [0.15, 0.2) is 12.7 Å². The highest BCUT2D eigenvalue weighted by molar-refractivity contribution is 5.59. The van der Waals surface area contributed by atoms with Gasteiger partial charge in [-0.25, -0.2) is 4.79 Å². The predicted octanol–water partition coefficient (Wildman–Crippen LogP) is 2.13. The molecular formula is C8H14O3. The molecule has 0 bridgehead atoms. The number of unbranched alkanes of at least 4 members (excludes halogenated alkanes) is 1. The summed E-state index contributed by atoms with van der Waals surface area (Å²) in [5.41, 5.74) is 0. The quantitative estimate of drug-likeness (QED) is 0.349. The maximum Gasteiger partial charge on any atom is 0.508 e. The second kappa shape index (κ2) is 7.12. The lowest BCUT2D eigenvalue weighted by Gasteiger charge is -2.02. The van der Waals surface area contributed by atoms with Gasteiger partial charge >= 0.3 is 6.16 Å². The first-order valence-corrected chi connectivity index (χ1v) is 3.71. The standard InChI is InChI=1S/C8H14O3/c1-3-5-7-11-8(9)10-6-4-2/h4H,2-3,5-7H2,1H3. The topological polar surface area (TPSA) is 35.5 Å². The van der Waals surface area contributed by atoms with E-state index < -0.39 is 6.16 Å². The van der Waals surface area contributed by atoms with Gasteiger partial charge in [0.2, 0.25) is 0 Å². The summed E-state index contributed by atoms with van der Waals surface area (Å²) < 4.78 is 9.23. The maximum atomic E-state index is 10.6. The monoisotopic (exact) mass is 158 g/mol. The van der Waals surface area contributed by atoms with Gasteiger partial charge in [-0.15, -0.1) is 0 Å². The Morgan fingerprint density at radius 1 is 1.55 bits per heavy atom. The first-order valence-electron chi connectivity index (χ1n) is 3.71. The van der Waals surface area contributed by atoms with Crippen molar-refractivity contribution in [3.05, 3.63) is 12.7 Å². The smallest absolute Gasteiger partial charge is 0.434 e. The lowest BCUT2D eigenvalue weighted by Crippen LogP contribution is -2.07. The first-order chi connectivity index (χ1) is 5.31. The zero-order chi connectivity index (χ0) is 8.53. The Labute approximate surface area is 67.0 Å². The summed E-state index contributed by atoms with van der Waals surface area (Å²) in [5.74, 6) is 0. The second-order valence-electron chi connectivity index (χ2n) is 2.05. The fraction of sp³-hybridized carbons (Fsp3) is 0.625. The molecule has 3 nitrogen and oxygen atoms in total. The Morgan fingerprint density at radius 2 is 2.27 bits per heavy atom. The van der Waals surface area contributed by atoms with Crippen molar-refractivity contribution in [2.45, 2.75) is 19.8 Å². The van der Waals surface area contributed by atoms with Gasteiger partial charge in [-0.05, 0) is 6.42 Å². The first kappa shape index (κ1) is 10.0. The average molecular weight is 158 g/mol. The zero-order valence-corrected chi connectivity index (χ0v) is 6.84. The third kappa shape index (κ3) is 6.90. The van der Waals surface area contributed by atoms with Gasteiger partial charge in [-0.1, -0.05) is 26.0 Å². The Kier molecular flexibility index (Phi) is 6.48. The van der Waals surface area contributed by atoms with Crippen molar-refractivity contribution in [1.82, 2.24) is 0 Å². The molecule has 0 amide bonds. The van der Waals surface area contributed by atoms with Crippen LogP contribution in [0.2, 0.25) is 0 Å². The van der Waals surface area contributed by atoms with Gasteiger partial charge in [0.05, 0.1) is 6.61 Å². The molecule has 0 aliphatic heterocycles. The molecule has 0 aromatic carbocycles. The van der Waals surface area contributed by atoms with Gasteiger partial charge in [0, 0.05) is 0 Å². The van der Waals surface area contributed by atoms with Crippen LogP contribution in [-0.4, -0.2) is 19.4 Å². The van der Waals surface area contributed by atoms with Gasteiger partial charge in [0.1, 0.15) is 6.61 Å². The molecule has 64 valence electrons. The molecule has 0 aromatic heterocycles. The normalized spacial score (nSPS) is 8.82. The van der Waals surface area contributed by atoms with E-state index in [2.05, 4.69) is 16.1 Å². The highest BCUT2D eigenvalue weighted by atomic mass is 16.7. The van der Waals surface area contributed by atoms with Crippen molar-refractivity contribution in [3.8, 4) is 0 Å². The molecule has 0 atom stereocenters. The molecule has 0 spiro atoms. The SMILES string of the molecule is C=CCOC(=O)OCCCC. The lowest BCUT2D eigenvalue weighted by atomic mass is 10.4. The number of carbonyl (C=O) groups is 1. The number of hydrogen-bond donors (Lipinski definition) is 0. The van der Waals surface area contributed by atoms with E-state index >= 15 is 0 Å². The maximum absolute atomic E-state index is 10.6. The molecule has 0 N–H and O–H groups in total. The molecule has 3 heteroatoms. The van der Waals surface area contributed by atoms with Crippen LogP contribution < -0.4 is 0 Å². The van der Waals surface area contributed by atoms with E-state index in [0.717, 1.165) is 12.8 Å². The van der Waals surface area contributed by atoms with Crippen LogP contribution in [0.1, 0.15) is 19.8 Å². The van der Waals surface area contributed by atoms with E-state index in [-0.39, 0.29) is 6.61 Å². The number of carbonyl (C=O) groups excluding carboxylic acids is 1. The fourth-order valence-electron chi connectivity index (χ4n) is 0.468. The van der Waals surface area contributed by atoms with E-state index in [1.807, 2.05) is 6.92 Å². The van der Waals surface area contributed by atoms with Crippen molar-refractivity contribution >= 4 is 6.16 Å². The Balaban J connectivity index is 3.15. The van der Waals surface area contributed by atoms with Crippen LogP contribution in [-0.2, 0) is 9.47 Å². The van der Waals surface area contributed by atoms with Crippen molar-refractivity contribution in [2.75, 3.05) is 13.2 Å². The summed E-state index contributed by atoms with van der Waals surface area (Å²) >= 11 is 0. The van der Waals surface area contributed by atoms with Crippen LogP contribution in [0.25, 0.3) is 0 Å². The Morgan fingerprint density at radius 3 is 2.82 bits per heavy atom. The van der Waals surface area contributed by atoms with Crippen LogP contribution in [0.4, 0.5) is 4.79 Å². The minimum atomic E-state index is -0.613. The Hall–Kier alpha value is -0.990. The van der Waals surface area contributed by atoms with Crippen LogP contribution >= 0.6 is 0 Å². The summed E-state index contributed by atoms with van der Waals surface area (Å²) in [5, 5.41) is 0. The van der Waals surface area contributed by atoms with Gasteiger partial charge in [0.15, 0.2) is 0 Å². The summed E-state index contributed by atoms with van der Waals surface area (Å²) in [4.78, 5) is 10.6. The number of rotatable bonds is 5. The predicted molar refractivity (Wildman–Crippen MR) is 42.4 cm³/mol. The van der Waals surface area contributed by atoms with Crippen molar-refractivity contribution < 1.29 is 14.3 Å². The van der Waals surface area contributed by atoms with Crippen LogP contribution in [0.5, 0.6) is 0 Å².